The molecule has 1 amide bonds. The molecule has 0 radical (unpaired) electrons. The first-order valence-corrected chi connectivity index (χ1v) is 12.2. The van der Waals surface area contributed by atoms with Crippen LogP contribution in [0.5, 0.6) is 5.75 Å². The van der Waals surface area contributed by atoms with E-state index in [-0.39, 0.29) is 18.6 Å². The number of rotatable bonds is 7. The summed E-state index contributed by atoms with van der Waals surface area (Å²) in [7, 11) is 0. The Morgan fingerprint density at radius 1 is 0.914 bits per heavy atom. The number of hydrogen-bond acceptors (Lipinski definition) is 3. The molecule has 0 saturated carbocycles. The third-order valence-corrected chi connectivity index (χ3v) is 6.50. The van der Waals surface area contributed by atoms with Crippen molar-refractivity contribution in [2.45, 2.75) is 19.0 Å². The lowest BCUT2D eigenvalue weighted by atomic mass is 9.87. The molecule has 5 heteroatoms. The minimum atomic E-state index is -0.227. The van der Waals surface area contributed by atoms with Crippen molar-refractivity contribution in [2.75, 3.05) is 18.5 Å². The van der Waals surface area contributed by atoms with E-state index >= 15 is 0 Å². The molecule has 1 aliphatic heterocycles. The van der Waals surface area contributed by atoms with E-state index in [1.807, 2.05) is 12.1 Å². The van der Waals surface area contributed by atoms with Crippen molar-refractivity contribution in [3.63, 3.8) is 0 Å². The summed E-state index contributed by atoms with van der Waals surface area (Å²) in [6, 6.07) is 34.6. The number of ether oxygens (including phenoxy) is 1. The minimum Gasteiger partial charge on any atom is -0.484 e. The van der Waals surface area contributed by atoms with Gasteiger partial charge in [0.25, 0.3) is 5.91 Å². The van der Waals surface area contributed by atoms with Gasteiger partial charge in [0, 0.05) is 23.8 Å². The second-order valence-corrected chi connectivity index (χ2v) is 9.16. The van der Waals surface area contributed by atoms with Crippen molar-refractivity contribution in [1.29, 1.82) is 0 Å². The number of halogens is 1. The Bertz CT molecular complexity index is 1290. The number of nitrogens with zero attached hydrogens (tertiary/aromatic N) is 1. The molecule has 0 bridgehead atoms. The summed E-state index contributed by atoms with van der Waals surface area (Å²) in [5.74, 6) is 0.461. The summed E-state index contributed by atoms with van der Waals surface area (Å²) < 4.78 is 5.91. The third kappa shape index (κ3) is 5.73. The average molecular weight is 483 g/mol. The van der Waals surface area contributed by atoms with E-state index in [1.165, 1.54) is 22.3 Å². The van der Waals surface area contributed by atoms with Gasteiger partial charge in [-0.2, -0.15) is 0 Å². The van der Waals surface area contributed by atoms with Crippen LogP contribution in [0.15, 0.2) is 103 Å². The van der Waals surface area contributed by atoms with Crippen molar-refractivity contribution in [3.8, 4) is 5.75 Å². The Hall–Kier alpha value is -3.60. The molecular formula is C30H27ClN2O2. The van der Waals surface area contributed by atoms with Crippen LogP contribution in [0.3, 0.4) is 0 Å². The Labute approximate surface area is 211 Å². The highest BCUT2D eigenvalue weighted by atomic mass is 35.5. The number of fused-ring (bicyclic) bond motifs is 1. The smallest absolute Gasteiger partial charge is 0.262 e. The predicted octanol–water partition coefficient (Wildman–Crippen LogP) is 6.51. The van der Waals surface area contributed by atoms with Crippen LogP contribution in [-0.4, -0.2) is 24.0 Å². The molecule has 0 spiro atoms. The molecule has 0 unspecified atom stereocenters. The number of anilines is 1. The summed E-state index contributed by atoms with van der Waals surface area (Å²) in [6.07, 6.45) is 0.973. The van der Waals surface area contributed by atoms with Gasteiger partial charge in [0.05, 0.1) is 6.04 Å². The number of carbonyl (C=O) groups is 1. The van der Waals surface area contributed by atoms with Gasteiger partial charge < -0.3 is 10.1 Å². The van der Waals surface area contributed by atoms with E-state index in [0.717, 1.165) is 19.5 Å². The molecule has 0 aromatic heterocycles. The maximum atomic E-state index is 12.4. The molecule has 35 heavy (non-hydrogen) atoms. The third-order valence-electron chi connectivity index (χ3n) is 6.27. The molecule has 0 fully saturated rings. The lowest BCUT2D eigenvalue weighted by Gasteiger charge is -2.38. The maximum Gasteiger partial charge on any atom is 0.262 e. The van der Waals surface area contributed by atoms with Crippen molar-refractivity contribution >= 4 is 23.2 Å². The van der Waals surface area contributed by atoms with Gasteiger partial charge in [-0.15, -0.1) is 0 Å². The molecule has 1 heterocycles. The summed E-state index contributed by atoms with van der Waals surface area (Å²) in [5.41, 5.74) is 5.74. The summed E-state index contributed by atoms with van der Waals surface area (Å²) >= 11 is 6.01. The molecule has 4 aromatic rings. The van der Waals surface area contributed by atoms with Gasteiger partial charge in [-0.05, 0) is 59.0 Å². The second-order valence-electron chi connectivity index (χ2n) is 8.73. The first kappa shape index (κ1) is 23.2. The number of hydrogen-bond donors (Lipinski definition) is 1. The largest absolute Gasteiger partial charge is 0.484 e. The SMILES string of the molecule is O=C(COc1ccc2c(c1)[C@H](c1ccccc1)N(Cc1ccccc1)CC2)Nc1cccc(Cl)c1. The quantitative estimate of drug-likeness (QED) is 0.326. The minimum absolute atomic E-state index is 0.0744. The van der Waals surface area contributed by atoms with Crippen molar-refractivity contribution < 1.29 is 9.53 Å². The van der Waals surface area contributed by atoms with Crippen LogP contribution in [-0.2, 0) is 17.8 Å². The van der Waals surface area contributed by atoms with Gasteiger partial charge >= 0.3 is 0 Å². The molecule has 1 atom stereocenters. The molecule has 4 aromatic carbocycles. The van der Waals surface area contributed by atoms with Crippen LogP contribution in [0.1, 0.15) is 28.3 Å². The molecule has 176 valence electrons. The molecule has 1 aliphatic rings. The highest BCUT2D eigenvalue weighted by molar-refractivity contribution is 6.30. The first-order chi connectivity index (χ1) is 17.2. The average Bonchev–Trinajstić information content (AvgIpc) is 2.88. The predicted molar refractivity (Wildman–Crippen MR) is 141 cm³/mol. The Morgan fingerprint density at radius 3 is 2.46 bits per heavy atom. The molecular weight excluding hydrogens is 456 g/mol. The number of amides is 1. The van der Waals surface area contributed by atoms with Gasteiger partial charge in [0.15, 0.2) is 6.61 Å². The number of nitrogens with one attached hydrogen (secondary N) is 1. The van der Waals surface area contributed by atoms with Gasteiger partial charge in [0.1, 0.15) is 5.75 Å². The van der Waals surface area contributed by atoms with Gasteiger partial charge in [-0.1, -0.05) is 84.4 Å². The van der Waals surface area contributed by atoms with E-state index in [4.69, 9.17) is 16.3 Å². The number of carbonyl (C=O) groups excluding carboxylic acids is 1. The summed E-state index contributed by atoms with van der Waals surface area (Å²) in [4.78, 5) is 15.0. The molecule has 0 saturated heterocycles. The van der Waals surface area contributed by atoms with Crippen molar-refractivity contribution in [3.05, 3.63) is 130 Å². The van der Waals surface area contributed by atoms with Gasteiger partial charge in [-0.25, -0.2) is 0 Å². The standard InChI is InChI=1S/C30H27ClN2O2/c31-25-12-7-13-26(18-25)32-29(34)21-35-27-15-14-23-16-17-33(20-22-8-3-1-4-9-22)30(28(23)19-27)24-10-5-2-6-11-24/h1-15,18-19,30H,16-17,20-21H2,(H,32,34)/t30-/m0/s1. The zero-order chi connectivity index (χ0) is 24.0. The number of benzene rings is 4. The van der Waals surface area contributed by atoms with Crippen molar-refractivity contribution in [2.24, 2.45) is 0 Å². The van der Waals surface area contributed by atoms with Crippen LogP contribution < -0.4 is 10.1 Å². The fourth-order valence-electron chi connectivity index (χ4n) is 4.66. The van der Waals surface area contributed by atoms with Crippen LogP contribution in [0.2, 0.25) is 5.02 Å². The van der Waals surface area contributed by atoms with E-state index in [9.17, 15) is 4.79 Å². The van der Waals surface area contributed by atoms with E-state index in [2.05, 4.69) is 76.9 Å². The van der Waals surface area contributed by atoms with Gasteiger partial charge in [-0.3, -0.25) is 9.69 Å². The first-order valence-electron chi connectivity index (χ1n) is 11.8. The van der Waals surface area contributed by atoms with E-state index in [0.29, 0.717) is 16.5 Å². The highest BCUT2D eigenvalue weighted by Crippen LogP contribution is 2.38. The summed E-state index contributed by atoms with van der Waals surface area (Å²) in [6.45, 7) is 1.77. The zero-order valence-electron chi connectivity index (χ0n) is 19.4. The van der Waals surface area contributed by atoms with E-state index < -0.39 is 0 Å². The fraction of sp³-hybridized carbons (Fsp3) is 0.167. The normalized spacial score (nSPS) is 15.3. The Morgan fingerprint density at radius 2 is 1.69 bits per heavy atom. The molecule has 5 rings (SSSR count). The van der Waals surface area contributed by atoms with Gasteiger partial charge in [0.2, 0.25) is 0 Å². The zero-order valence-corrected chi connectivity index (χ0v) is 20.1. The topological polar surface area (TPSA) is 41.6 Å². The fourth-order valence-corrected chi connectivity index (χ4v) is 4.85. The monoisotopic (exact) mass is 482 g/mol. The Kier molecular flexibility index (Phi) is 7.12. The molecule has 1 N–H and O–H groups in total. The Balaban J connectivity index is 1.36. The molecule has 0 aliphatic carbocycles. The molecule has 4 nitrogen and oxygen atoms in total. The van der Waals surface area contributed by atoms with E-state index in [1.54, 1.807) is 24.3 Å². The van der Waals surface area contributed by atoms with Crippen molar-refractivity contribution in [1.82, 2.24) is 4.90 Å². The lowest BCUT2D eigenvalue weighted by molar-refractivity contribution is -0.118. The van der Waals surface area contributed by atoms with Crippen LogP contribution in [0.25, 0.3) is 0 Å². The van der Waals surface area contributed by atoms with Crippen LogP contribution in [0, 0.1) is 0 Å². The highest BCUT2D eigenvalue weighted by Gasteiger charge is 2.29. The van der Waals surface area contributed by atoms with Crippen LogP contribution in [0.4, 0.5) is 5.69 Å². The lowest BCUT2D eigenvalue weighted by Crippen LogP contribution is -2.35. The maximum absolute atomic E-state index is 12.4. The second kappa shape index (κ2) is 10.8. The van der Waals surface area contributed by atoms with Crippen LogP contribution >= 0.6 is 11.6 Å². The summed E-state index contributed by atoms with van der Waals surface area (Å²) in [5, 5.41) is 3.40.